The van der Waals surface area contributed by atoms with E-state index in [1.165, 1.54) is 29.5 Å². The van der Waals surface area contributed by atoms with Crippen LogP contribution in [-0.4, -0.2) is 20.7 Å². The monoisotopic (exact) mass is 268 g/mol. The van der Waals surface area contributed by atoms with E-state index < -0.39 is 11.9 Å². The van der Waals surface area contributed by atoms with Crippen molar-refractivity contribution in [3.63, 3.8) is 0 Å². The Bertz CT molecular complexity index is 558. The van der Waals surface area contributed by atoms with Crippen LogP contribution < -0.4 is 5.32 Å². The number of carbonyl (C=O) groups is 1. The molecule has 2 rings (SSSR count). The second kappa shape index (κ2) is 5.14. The number of carbonyl (C=O) groups excluding carboxylic acids is 1. The molecular formula is C11H10ClFN4O. The molecule has 0 bridgehead atoms. The first-order valence-electron chi connectivity index (χ1n) is 5.18. The normalized spacial score (nSPS) is 12.2. The summed E-state index contributed by atoms with van der Waals surface area (Å²) in [4.78, 5) is 15.6. The van der Waals surface area contributed by atoms with Gasteiger partial charge in [-0.3, -0.25) is 4.79 Å². The maximum absolute atomic E-state index is 13.2. The molecule has 0 spiro atoms. The van der Waals surface area contributed by atoms with Crippen LogP contribution in [-0.2, 0) is 4.79 Å². The van der Waals surface area contributed by atoms with Gasteiger partial charge in [-0.15, -0.1) is 0 Å². The molecule has 0 saturated heterocycles. The average molecular weight is 269 g/mol. The van der Waals surface area contributed by atoms with E-state index >= 15 is 0 Å². The summed E-state index contributed by atoms with van der Waals surface area (Å²) >= 11 is 5.55. The summed E-state index contributed by atoms with van der Waals surface area (Å²) in [5, 5.41) is 6.44. The van der Waals surface area contributed by atoms with Gasteiger partial charge >= 0.3 is 0 Å². The second-order valence-corrected chi connectivity index (χ2v) is 4.08. The number of benzene rings is 1. The Morgan fingerprint density at radius 1 is 1.56 bits per heavy atom. The Hall–Kier alpha value is -1.95. The lowest BCUT2D eigenvalue weighted by Gasteiger charge is -2.12. The Morgan fingerprint density at radius 3 is 2.94 bits per heavy atom. The second-order valence-electron chi connectivity index (χ2n) is 3.67. The zero-order valence-corrected chi connectivity index (χ0v) is 10.2. The van der Waals surface area contributed by atoms with Gasteiger partial charge in [-0.2, -0.15) is 5.10 Å². The van der Waals surface area contributed by atoms with Crippen molar-refractivity contribution in [2.45, 2.75) is 13.0 Å². The summed E-state index contributed by atoms with van der Waals surface area (Å²) in [6.45, 7) is 1.66. The van der Waals surface area contributed by atoms with Gasteiger partial charge in [-0.1, -0.05) is 11.6 Å². The van der Waals surface area contributed by atoms with Crippen molar-refractivity contribution in [1.82, 2.24) is 14.8 Å². The quantitative estimate of drug-likeness (QED) is 0.929. The van der Waals surface area contributed by atoms with E-state index in [-0.39, 0.29) is 10.9 Å². The van der Waals surface area contributed by atoms with E-state index in [1.807, 2.05) is 0 Å². The molecule has 1 unspecified atom stereocenters. The van der Waals surface area contributed by atoms with Crippen molar-refractivity contribution in [2.75, 3.05) is 5.32 Å². The molecule has 5 nitrogen and oxygen atoms in total. The third-order valence-electron chi connectivity index (χ3n) is 2.40. The van der Waals surface area contributed by atoms with Crippen molar-refractivity contribution >= 4 is 23.2 Å². The summed E-state index contributed by atoms with van der Waals surface area (Å²) in [5.41, 5.74) is 0.342. The van der Waals surface area contributed by atoms with Crippen LogP contribution in [0.4, 0.5) is 10.1 Å². The molecule has 1 atom stereocenters. The Kier molecular flexibility index (Phi) is 3.57. The number of hydrogen-bond acceptors (Lipinski definition) is 3. The zero-order chi connectivity index (χ0) is 13.1. The summed E-state index contributed by atoms with van der Waals surface area (Å²) < 4.78 is 14.6. The molecule has 94 valence electrons. The molecule has 0 fully saturated rings. The number of aromatic nitrogens is 3. The topological polar surface area (TPSA) is 59.8 Å². The first-order valence-corrected chi connectivity index (χ1v) is 5.56. The maximum Gasteiger partial charge on any atom is 0.249 e. The molecule has 1 aromatic carbocycles. The molecule has 0 aliphatic carbocycles. The number of anilines is 1. The fourth-order valence-electron chi connectivity index (χ4n) is 1.36. The summed E-state index contributed by atoms with van der Waals surface area (Å²) in [6, 6.07) is 3.53. The first kappa shape index (κ1) is 12.5. The maximum atomic E-state index is 13.2. The third kappa shape index (κ3) is 2.65. The van der Waals surface area contributed by atoms with Gasteiger partial charge in [-0.05, 0) is 25.1 Å². The van der Waals surface area contributed by atoms with Crippen LogP contribution in [0, 0.1) is 5.82 Å². The highest BCUT2D eigenvalue weighted by molar-refractivity contribution is 6.30. The standard InChI is InChI=1S/C11H10ClFN4O/c1-7(17-6-14-5-15-17)11(18)16-8-2-3-9(12)10(13)4-8/h2-7H,1H3,(H,16,18). The van der Waals surface area contributed by atoms with E-state index in [0.29, 0.717) is 5.69 Å². The van der Waals surface area contributed by atoms with Crippen molar-refractivity contribution in [3.05, 3.63) is 41.7 Å². The van der Waals surface area contributed by atoms with Gasteiger partial charge in [0.1, 0.15) is 24.5 Å². The number of halogens is 2. The third-order valence-corrected chi connectivity index (χ3v) is 2.71. The molecular weight excluding hydrogens is 259 g/mol. The molecule has 2 aromatic rings. The van der Waals surface area contributed by atoms with Crippen LogP contribution in [0.2, 0.25) is 5.02 Å². The molecule has 1 amide bonds. The van der Waals surface area contributed by atoms with E-state index in [4.69, 9.17) is 11.6 Å². The van der Waals surface area contributed by atoms with Crippen LogP contribution in [0.25, 0.3) is 0 Å². The van der Waals surface area contributed by atoms with Crippen LogP contribution in [0.15, 0.2) is 30.9 Å². The molecule has 1 heterocycles. The fraction of sp³-hybridized carbons (Fsp3) is 0.182. The highest BCUT2D eigenvalue weighted by Gasteiger charge is 2.15. The summed E-state index contributed by atoms with van der Waals surface area (Å²) in [7, 11) is 0. The lowest BCUT2D eigenvalue weighted by Crippen LogP contribution is -2.24. The van der Waals surface area contributed by atoms with E-state index in [2.05, 4.69) is 15.4 Å². The molecule has 0 aliphatic rings. The lowest BCUT2D eigenvalue weighted by molar-refractivity contribution is -0.119. The molecule has 1 N–H and O–H groups in total. The van der Waals surface area contributed by atoms with E-state index in [9.17, 15) is 9.18 Å². The fourth-order valence-corrected chi connectivity index (χ4v) is 1.48. The Morgan fingerprint density at radius 2 is 2.33 bits per heavy atom. The van der Waals surface area contributed by atoms with Gasteiger partial charge in [0.05, 0.1) is 5.02 Å². The number of hydrogen-bond donors (Lipinski definition) is 1. The number of nitrogens with one attached hydrogen (secondary N) is 1. The minimum Gasteiger partial charge on any atom is -0.324 e. The summed E-state index contributed by atoms with van der Waals surface area (Å²) in [6.07, 6.45) is 2.78. The van der Waals surface area contributed by atoms with Gasteiger partial charge in [-0.25, -0.2) is 14.1 Å². The number of amides is 1. The number of nitrogens with zero attached hydrogens (tertiary/aromatic N) is 3. The van der Waals surface area contributed by atoms with Crippen molar-refractivity contribution < 1.29 is 9.18 Å². The van der Waals surface area contributed by atoms with Crippen LogP contribution in [0.3, 0.4) is 0 Å². The van der Waals surface area contributed by atoms with Gasteiger partial charge in [0.15, 0.2) is 0 Å². The van der Waals surface area contributed by atoms with Crippen LogP contribution in [0.5, 0.6) is 0 Å². The summed E-state index contributed by atoms with van der Waals surface area (Å²) in [5.74, 6) is -0.898. The highest BCUT2D eigenvalue weighted by Crippen LogP contribution is 2.19. The predicted octanol–water partition coefficient (Wildman–Crippen LogP) is 2.27. The zero-order valence-electron chi connectivity index (χ0n) is 9.47. The Labute approximate surface area is 108 Å². The molecule has 7 heteroatoms. The molecule has 1 aromatic heterocycles. The molecule has 18 heavy (non-hydrogen) atoms. The van der Waals surface area contributed by atoms with Gasteiger partial charge < -0.3 is 5.32 Å². The van der Waals surface area contributed by atoms with Crippen molar-refractivity contribution in [2.24, 2.45) is 0 Å². The minimum atomic E-state index is -0.581. The largest absolute Gasteiger partial charge is 0.324 e. The number of rotatable bonds is 3. The molecule has 0 radical (unpaired) electrons. The van der Waals surface area contributed by atoms with Crippen LogP contribution >= 0.6 is 11.6 Å². The molecule has 0 saturated carbocycles. The van der Waals surface area contributed by atoms with Gasteiger partial charge in [0.25, 0.3) is 0 Å². The SMILES string of the molecule is CC(C(=O)Nc1ccc(Cl)c(F)c1)n1cncn1. The Balaban J connectivity index is 2.09. The van der Waals surface area contributed by atoms with E-state index in [1.54, 1.807) is 6.92 Å². The predicted molar refractivity (Wildman–Crippen MR) is 64.8 cm³/mol. The molecule has 0 aliphatic heterocycles. The first-order chi connectivity index (χ1) is 8.58. The van der Waals surface area contributed by atoms with Gasteiger partial charge in [0.2, 0.25) is 5.91 Å². The van der Waals surface area contributed by atoms with Crippen LogP contribution in [0.1, 0.15) is 13.0 Å². The van der Waals surface area contributed by atoms with E-state index in [0.717, 1.165) is 6.07 Å². The highest BCUT2D eigenvalue weighted by atomic mass is 35.5. The van der Waals surface area contributed by atoms with Crippen molar-refractivity contribution in [3.8, 4) is 0 Å². The smallest absolute Gasteiger partial charge is 0.249 e. The van der Waals surface area contributed by atoms with Crippen molar-refractivity contribution in [1.29, 1.82) is 0 Å². The average Bonchev–Trinajstić information content (AvgIpc) is 2.86. The minimum absolute atomic E-state index is 0.0114. The lowest BCUT2D eigenvalue weighted by atomic mass is 10.2. The van der Waals surface area contributed by atoms with Gasteiger partial charge in [0, 0.05) is 5.69 Å².